The van der Waals surface area contributed by atoms with Crippen molar-refractivity contribution in [3.63, 3.8) is 0 Å². The highest BCUT2D eigenvalue weighted by Gasteiger charge is 1.96. The van der Waals surface area contributed by atoms with Crippen LogP contribution in [0.3, 0.4) is 0 Å². The molecule has 1 rings (SSSR count). The standard InChI is InChI=1S/C14H21N3O2/c1-12(16-17-14(15)18)7-5-6-10-19-11-13-8-3-2-4-9-13/h2-4,8-9H,5-7,10-11H2,1H3,(H3,15,17,18). The summed E-state index contributed by atoms with van der Waals surface area (Å²) in [5, 5.41) is 3.84. The largest absolute Gasteiger partial charge is 0.377 e. The van der Waals surface area contributed by atoms with E-state index < -0.39 is 6.03 Å². The molecule has 0 radical (unpaired) electrons. The fourth-order valence-electron chi connectivity index (χ4n) is 1.56. The molecule has 104 valence electrons. The molecule has 0 saturated carbocycles. The summed E-state index contributed by atoms with van der Waals surface area (Å²) in [5.74, 6) is 0. The number of carbonyl (C=O) groups is 1. The lowest BCUT2D eigenvalue weighted by atomic mass is 10.2. The van der Waals surface area contributed by atoms with Crippen LogP contribution in [-0.2, 0) is 11.3 Å². The lowest BCUT2D eigenvalue weighted by Crippen LogP contribution is -2.25. The monoisotopic (exact) mass is 263 g/mol. The molecule has 5 nitrogen and oxygen atoms in total. The molecular formula is C14H21N3O2. The summed E-state index contributed by atoms with van der Waals surface area (Å²) >= 11 is 0. The number of rotatable bonds is 8. The zero-order valence-electron chi connectivity index (χ0n) is 11.3. The third-order valence-electron chi connectivity index (χ3n) is 2.55. The Hall–Kier alpha value is -1.88. The van der Waals surface area contributed by atoms with E-state index in [-0.39, 0.29) is 0 Å². The maximum absolute atomic E-state index is 10.4. The fourth-order valence-corrected chi connectivity index (χ4v) is 1.56. The molecule has 1 aromatic carbocycles. The first-order valence-electron chi connectivity index (χ1n) is 6.39. The lowest BCUT2D eigenvalue weighted by Gasteiger charge is -2.04. The molecular weight excluding hydrogens is 242 g/mol. The summed E-state index contributed by atoms with van der Waals surface area (Å²) in [5.41, 5.74) is 9.18. The zero-order chi connectivity index (χ0) is 13.9. The molecule has 0 bridgehead atoms. The van der Waals surface area contributed by atoms with Crippen LogP contribution in [0.4, 0.5) is 4.79 Å². The summed E-state index contributed by atoms with van der Waals surface area (Å²) in [6.07, 6.45) is 2.77. The van der Waals surface area contributed by atoms with Gasteiger partial charge in [-0.2, -0.15) is 5.10 Å². The van der Waals surface area contributed by atoms with E-state index in [1.165, 1.54) is 5.56 Å². The highest BCUT2D eigenvalue weighted by Crippen LogP contribution is 2.03. The Kier molecular flexibility index (Phi) is 7.27. The SMILES string of the molecule is CC(CCCCOCc1ccccc1)=NNC(N)=O. The van der Waals surface area contributed by atoms with Crippen molar-refractivity contribution in [3.05, 3.63) is 35.9 Å². The number of primary amides is 1. The van der Waals surface area contributed by atoms with Gasteiger partial charge in [-0.15, -0.1) is 0 Å². The number of nitrogens with one attached hydrogen (secondary N) is 1. The molecule has 19 heavy (non-hydrogen) atoms. The van der Waals surface area contributed by atoms with Gasteiger partial charge in [0.1, 0.15) is 0 Å². The predicted octanol–water partition coefficient (Wildman–Crippen LogP) is 2.42. The average molecular weight is 263 g/mol. The molecule has 3 N–H and O–H groups in total. The summed E-state index contributed by atoms with van der Waals surface area (Å²) in [7, 11) is 0. The molecule has 0 spiro atoms. The number of unbranched alkanes of at least 4 members (excludes halogenated alkanes) is 1. The molecule has 2 amide bonds. The van der Waals surface area contributed by atoms with Crippen molar-refractivity contribution in [2.24, 2.45) is 10.8 Å². The third kappa shape index (κ3) is 7.94. The maximum Gasteiger partial charge on any atom is 0.332 e. The molecule has 5 heteroatoms. The van der Waals surface area contributed by atoms with Crippen molar-refractivity contribution in [2.45, 2.75) is 32.8 Å². The number of benzene rings is 1. The molecule has 0 heterocycles. The number of amides is 2. The highest BCUT2D eigenvalue weighted by molar-refractivity contribution is 5.83. The van der Waals surface area contributed by atoms with E-state index in [0.717, 1.165) is 31.6 Å². The quantitative estimate of drug-likeness (QED) is 0.429. The number of nitrogens with two attached hydrogens (primary N) is 1. The van der Waals surface area contributed by atoms with Crippen LogP contribution in [0, 0.1) is 0 Å². The number of hydrogen-bond donors (Lipinski definition) is 2. The number of hydrogen-bond acceptors (Lipinski definition) is 3. The van der Waals surface area contributed by atoms with Crippen molar-refractivity contribution in [1.29, 1.82) is 0 Å². The van der Waals surface area contributed by atoms with E-state index in [4.69, 9.17) is 10.5 Å². The van der Waals surface area contributed by atoms with Gasteiger partial charge in [0.05, 0.1) is 6.61 Å². The first kappa shape index (κ1) is 15.2. The predicted molar refractivity (Wildman–Crippen MR) is 75.8 cm³/mol. The van der Waals surface area contributed by atoms with Crippen LogP contribution in [0.5, 0.6) is 0 Å². The van der Waals surface area contributed by atoms with Crippen LogP contribution in [0.15, 0.2) is 35.4 Å². The molecule has 0 aliphatic heterocycles. The Balaban J connectivity index is 2.02. The first-order valence-corrected chi connectivity index (χ1v) is 6.39. The van der Waals surface area contributed by atoms with Gasteiger partial charge < -0.3 is 10.5 Å². The average Bonchev–Trinajstić information content (AvgIpc) is 2.41. The van der Waals surface area contributed by atoms with Gasteiger partial charge in [0, 0.05) is 12.3 Å². The summed E-state index contributed by atoms with van der Waals surface area (Å²) in [4.78, 5) is 10.4. The van der Waals surface area contributed by atoms with Gasteiger partial charge in [0.2, 0.25) is 0 Å². The Labute approximate surface area is 113 Å². The number of ether oxygens (including phenoxy) is 1. The minimum atomic E-state index is -0.634. The molecule has 0 unspecified atom stereocenters. The first-order chi connectivity index (χ1) is 9.18. The number of nitrogens with zero attached hydrogens (tertiary/aromatic N) is 1. The summed E-state index contributed by atoms with van der Waals surface area (Å²) < 4.78 is 5.57. The summed E-state index contributed by atoms with van der Waals surface area (Å²) in [6, 6.07) is 9.46. The van der Waals surface area contributed by atoms with E-state index >= 15 is 0 Å². The van der Waals surface area contributed by atoms with Crippen LogP contribution >= 0.6 is 0 Å². The van der Waals surface area contributed by atoms with Crippen molar-refractivity contribution in [2.75, 3.05) is 6.61 Å². The number of hydrazone groups is 1. The van der Waals surface area contributed by atoms with Crippen LogP contribution in [0.25, 0.3) is 0 Å². The van der Waals surface area contributed by atoms with Crippen molar-refractivity contribution >= 4 is 11.7 Å². The smallest absolute Gasteiger partial charge is 0.332 e. The Morgan fingerprint density at radius 1 is 1.32 bits per heavy atom. The Bertz CT molecular complexity index is 404. The van der Waals surface area contributed by atoms with Gasteiger partial charge in [-0.1, -0.05) is 30.3 Å². The molecule has 0 atom stereocenters. The summed E-state index contributed by atoms with van der Waals surface area (Å²) in [6.45, 7) is 3.24. The number of urea groups is 1. The van der Waals surface area contributed by atoms with Crippen LogP contribution in [0.2, 0.25) is 0 Å². The van der Waals surface area contributed by atoms with Crippen molar-refractivity contribution in [1.82, 2.24) is 5.43 Å². The van der Waals surface area contributed by atoms with Gasteiger partial charge in [-0.25, -0.2) is 10.2 Å². The second-order valence-corrected chi connectivity index (χ2v) is 4.32. The minimum Gasteiger partial charge on any atom is -0.377 e. The molecule has 1 aromatic rings. The van der Waals surface area contributed by atoms with Gasteiger partial charge in [-0.3, -0.25) is 0 Å². The van der Waals surface area contributed by atoms with Crippen LogP contribution in [-0.4, -0.2) is 18.3 Å². The van der Waals surface area contributed by atoms with E-state index in [2.05, 4.69) is 10.5 Å². The molecule has 0 aliphatic carbocycles. The van der Waals surface area contributed by atoms with Gasteiger partial charge in [-0.05, 0) is 31.7 Å². The Morgan fingerprint density at radius 3 is 2.74 bits per heavy atom. The fraction of sp³-hybridized carbons (Fsp3) is 0.429. The molecule has 0 saturated heterocycles. The zero-order valence-corrected chi connectivity index (χ0v) is 11.3. The second-order valence-electron chi connectivity index (χ2n) is 4.32. The highest BCUT2D eigenvalue weighted by atomic mass is 16.5. The maximum atomic E-state index is 10.4. The molecule has 0 aliphatic rings. The van der Waals surface area contributed by atoms with Crippen molar-refractivity contribution < 1.29 is 9.53 Å². The van der Waals surface area contributed by atoms with E-state index in [1.54, 1.807) is 0 Å². The van der Waals surface area contributed by atoms with Gasteiger partial charge >= 0.3 is 6.03 Å². The minimum absolute atomic E-state index is 0.634. The Morgan fingerprint density at radius 2 is 2.05 bits per heavy atom. The topological polar surface area (TPSA) is 76.7 Å². The second kappa shape index (κ2) is 9.10. The normalized spacial score (nSPS) is 11.3. The van der Waals surface area contributed by atoms with Gasteiger partial charge in [0.15, 0.2) is 0 Å². The third-order valence-corrected chi connectivity index (χ3v) is 2.55. The van der Waals surface area contributed by atoms with Crippen LogP contribution < -0.4 is 11.2 Å². The lowest BCUT2D eigenvalue weighted by molar-refractivity contribution is 0.117. The van der Waals surface area contributed by atoms with E-state index in [9.17, 15) is 4.79 Å². The van der Waals surface area contributed by atoms with Gasteiger partial charge in [0.25, 0.3) is 0 Å². The molecule has 0 aromatic heterocycles. The molecule has 0 fully saturated rings. The van der Waals surface area contributed by atoms with E-state index in [1.807, 2.05) is 37.3 Å². The van der Waals surface area contributed by atoms with Crippen LogP contribution in [0.1, 0.15) is 31.7 Å². The van der Waals surface area contributed by atoms with Crippen molar-refractivity contribution in [3.8, 4) is 0 Å². The number of carbonyl (C=O) groups excluding carboxylic acids is 1. The van der Waals surface area contributed by atoms with E-state index in [0.29, 0.717) is 6.61 Å².